The lowest BCUT2D eigenvalue weighted by Crippen LogP contribution is -2.39. The first-order chi connectivity index (χ1) is 13.3. The van der Waals surface area contributed by atoms with Crippen molar-refractivity contribution in [1.82, 2.24) is 25.2 Å². The van der Waals surface area contributed by atoms with Crippen LogP contribution in [0.4, 0.5) is 0 Å². The number of benzene rings is 1. The predicted molar refractivity (Wildman–Crippen MR) is 124 cm³/mol. The van der Waals surface area contributed by atoms with Crippen molar-refractivity contribution in [3.63, 3.8) is 0 Å². The van der Waals surface area contributed by atoms with E-state index in [1.807, 2.05) is 42.9 Å². The smallest absolute Gasteiger partial charge is 0.191 e. The Morgan fingerprint density at radius 2 is 1.68 bits per heavy atom. The maximum Gasteiger partial charge on any atom is 0.191 e. The summed E-state index contributed by atoms with van der Waals surface area (Å²) in [5.41, 5.74) is 2.35. The van der Waals surface area contributed by atoms with Crippen molar-refractivity contribution in [2.45, 2.75) is 19.4 Å². The molecule has 0 atom stereocenters. The molecule has 2 aromatic heterocycles. The lowest BCUT2D eigenvalue weighted by molar-refractivity contribution is 0.693. The largest absolute Gasteiger partial charge is 0.356 e. The van der Waals surface area contributed by atoms with Crippen molar-refractivity contribution in [3.05, 3.63) is 84.2 Å². The number of rotatable bonds is 8. The minimum atomic E-state index is 0. The van der Waals surface area contributed by atoms with Crippen LogP contribution in [-0.4, -0.2) is 40.6 Å². The van der Waals surface area contributed by atoms with E-state index in [1.165, 1.54) is 5.56 Å². The Kier molecular flexibility index (Phi) is 9.47. The first kappa shape index (κ1) is 21.9. The van der Waals surface area contributed by atoms with E-state index in [1.54, 1.807) is 7.05 Å². The molecule has 2 N–H and O–H groups in total. The SMILES string of the molecule is CN=C(NCCc1ccccn1)NCCc1nccn1Cc1ccccc1.I. The number of nitrogens with one attached hydrogen (secondary N) is 2. The predicted octanol–water partition coefficient (Wildman–Crippen LogP) is 2.89. The van der Waals surface area contributed by atoms with Crippen LogP contribution in [0.1, 0.15) is 17.1 Å². The quantitative estimate of drug-likeness (QED) is 0.290. The van der Waals surface area contributed by atoms with Gasteiger partial charge in [0.25, 0.3) is 0 Å². The number of aromatic nitrogens is 3. The maximum atomic E-state index is 4.49. The molecule has 0 spiro atoms. The van der Waals surface area contributed by atoms with Gasteiger partial charge in [0.15, 0.2) is 5.96 Å². The van der Waals surface area contributed by atoms with Gasteiger partial charge in [0.1, 0.15) is 5.82 Å². The highest BCUT2D eigenvalue weighted by Crippen LogP contribution is 2.05. The molecular weight excluding hydrogens is 463 g/mol. The van der Waals surface area contributed by atoms with Crippen LogP contribution in [0.3, 0.4) is 0 Å². The van der Waals surface area contributed by atoms with E-state index in [0.717, 1.165) is 50.0 Å². The van der Waals surface area contributed by atoms with Crippen LogP contribution in [0.5, 0.6) is 0 Å². The van der Waals surface area contributed by atoms with E-state index < -0.39 is 0 Å². The first-order valence-corrected chi connectivity index (χ1v) is 9.23. The zero-order valence-corrected chi connectivity index (χ0v) is 18.4. The number of pyridine rings is 1. The van der Waals surface area contributed by atoms with Crippen LogP contribution in [-0.2, 0) is 19.4 Å². The minimum absolute atomic E-state index is 0. The Hall–Kier alpha value is -2.42. The van der Waals surface area contributed by atoms with E-state index in [-0.39, 0.29) is 24.0 Å². The normalized spacial score (nSPS) is 11.0. The Labute approximate surface area is 183 Å². The lowest BCUT2D eigenvalue weighted by atomic mass is 10.2. The van der Waals surface area contributed by atoms with Crippen molar-refractivity contribution in [3.8, 4) is 0 Å². The average molecular weight is 490 g/mol. The molecule has 0 saturated carbocycles. The Balaban J connectivity index is 0.00000280. The molecule has 0 aliphatic rings. The molecule has 3 aromatic rings. The van der Waals surface area contributed by atoms with E-state index >= 15 is 0 Å². The van der Waals surface area contributed by atoms with Crippen LogP contribution in [0.2, 0.25) is 0 Å². The zero-order chi connectivity index (χ0) is 18.7. The van der Waals surface area contributed by atoms with Gasteiger partial charge in [-0.15, -0.1) is 24.0 Å². The van der Waals surface area contributed by atoms with E-state index in [0.29, 0.717) is 0 Å². The topological polar surface area (TPSA) is 67.1 Å². The first-order valence-electron chi connectivity index (χ1n) is 9.23. The van der Waals surface area contributed by atoms with Crippen molar-refractivity contribution < 1.29 is 0 Å². The summed E-state index contributed by atoms with van der Waals surface area (Å²) >= 11 is 0. The molecule has 1 aromatic carbocycles. The number of hydrogen-bond acceptors (Lipinski definition) is 3. The van der Waals surface area contributed by atoms with Crippen molar-refractivity contribution in [1.29, 1.82) is 0 Å². The molecule has 0 aliphatic heterocycles. The number of guanidine groups is 1. The average Bonchev–Trinajstić information content (AvgIpc) is 3.15. The highest BCUT2D eigenvalue weighted by molar-refractivity contribution is 14.0. The summed E-state index contributed by atoms with van der Waals surface area (Å²) < 4.78 is 2.19. The summed E-state index contributed by atoms with van der Waals surface area (Å²) in [6.07, 6.45) is 7.41. The molecule has 148 valence electrons. The fourth-order valence-corrected chi connectivity index (χ4v) is 2.86. The molecule has 28 heavy (non-hydrogen) atoms. The number of imidazole rings is 1. The molecule has 0 unspecified atom stereocenters. The van der Waals surface area contributed by atoms with Crippen LogP contribution in [0.25, 0.3) is 0 Å². The van der Waals surface area contributed by atoms with Gasteiger partial charge < -0.3 is 15.2 Å². The maximum absolute atomic E-state index is 4.49. The van der Waals surface area contributed by atoms with Gasteiger partial charge in [-0.3, -0.25) is 9.98 Å². The third-order valence-electron chi connectivity index (χ3n) is 4.26. The van der Waals surface area contributed by atoms with Crippen molar-refractivity contribution in [2.24, 2.45) is 4.99 Å². The van der Waals surface area contributed by atoms with Gasteiger partial charge in [-0.25, -0.2) is 4.98 Å². The highest BCUT2D eigenvalue weighted by Gasteiger charge is 2.04. The third kappa shape index (κ3) is 6.95. The summed E-state index contributed by atoms with van der Waals surface area (Å²) in [5.74, 6) is 1.86. The molecule has 7 heteroatoms. The van der Waals surface area contributed by atoms with Gasteiger partial charge in [-0.2, -0.15) is 0 Å². The molecule has 0 amide bonds. The van der Waals surface area contributed by atoms with Gasteiger partial charge in [0.2, 0.25) is 0 Å². The monoisotopic (exact) mass is 490 g/mol. The second kappa shape index (κ2) is 12.1. The van der Waals surface area contributed by atoms with Crippen LogP contribution in [0.15, 0.2) is 72.1 Å². The van der Waals surface area contributed by atoms with E-state index in [2.05, 4.69) is 54.4 Å². The van der Waals surface area contributed by atoms with Crippen LogP contribution >= 0.6 is 24.0 Å². The number of hydrogen-bond donors (Lipinski definition) is 2. The van der Waals surface area contributed by atoms with Crippen LogP contribution < -0.4 is 10.6 Å². The van der Waals surface area contributed by atoms with Gasteiger partial charge >= 0.3 is 0 Å². The van der Waals surface area contributed by atoms with Gasteiger partial charge in [0.05, 0.1) is 0 Å². The van der Waals surface area contributed by atoms with Crippen molar-refractivity contribution >= 4 is 29.9 Å². The molecule has 0 radical (unpaired) electrons. The summed E-state index contributed by atoms with van der Waals surface area (Å²) in [7, 11) is 1.78. The van der Waals surface area contributed by atoms with Gasteiger partial charge in [0, 0.05) is 63.8 Å². The fraction of sp³-hybridized carbons (Fsp3) is 0.286. The second-order valence-corrected chi connectivity index (χ2v) is 6.20. The third-order valence-corrected chi connectivity index (χ3v) is 4.26. The molecule has 0 aliphatic carbocycles. The number of halogens is 1. The van der Waals surface area contributed by atoms with E-state index in [9.17, 15) is 0 Å². The Morgan fingerprint density at radius 3 is 2.39 bits per heavy atom. The summed E-state index contributed by atoms with van der Waals surface area (Å²) in [6, 6.07) is 16.4. The molecule has 3 rings (SSSR count). The van der Waals surface area contributed by atoms with Gasteiger partial charge in [-0.05, 0) is 17.7 Å². The second-order valence-electron chi connectivity index (χ2n) is 6.20. The highest BCUT2D eigenvalue weighted by atomic mass is 127. The fourth-order valence-electron chi connectivity index (χ4n) is 2.86. The standard InChI is InChI=1S/C21H26N6.HI/c1-22-21(25-13-10-19-9-5-6-12-23-19)26-14-11-20-24-15-16-27(20)17-18-7-3-2-4-8-18;/h2-9,12,15-16H,10-11,13-14,17H2,1H3,(H2,22,25,26);1H. The molecule has 6 nitrogen and oxygen atoms in total. The number of aliphatic imine (C=N–C) groups is 1. The summed E-state index contributed by atoms with van der Waals surface area (Å²) in [4.78, 5) is 13.1. The molecular formula is C21H27IN6. The Bertz CT molecular complexity index is 832. The van der Waals surface area contributed by atoms with Crippen molar-refractivity contribution in [2.75, 3.05) is 20.1 Å². The van der Waals surface area contributed by atoms with Gasteiger partial charge in [-0.1, -0.05) is 36.4 Å². The number of nitrogens with zero attached hydrogens (tertiary/aromatic N) is 4. The minimum Gasteiger partial charge on any atom is -0.356 e. The van der Waals surface area contributed by atoms with Crippen LogP contribution in [0, 0.1) is 0 Å². The molecule has 0 bridgehead atoms. The molecule has 0 fully saturated rings. The zero-order valence-electron chi connectivity index (χ0n) is 16.1. The Morgan fingerprint density at radius 1 is 0.929 bits per heavy atom. The molecule has 2 heterocycles. The lowest BCUT2D eigenvalue weighted by Gasteiger charge is -2.12. The molecule has 0 saturated heterocycles. The summed E-state index contributed by atoms with van der Waals surface area (Å²) in [6.45, 7) is 2.40. The summed E-state index contributed by atoms with van der Waals surface area (Å²) in [5, 5.41) is 6.67. The van der Waals surface area contributed by atoms with E-state index in [4.69, 9.17) is 0 Å².